The molecule has 1 fully saturated rings. The first-order valence-corrected chi connectivity index (χ1v) is 5.70. The van der Waals surface area contributed by atoms with Crippen LogP contribution in [0.15, 0.2) is 18.3 Å². The molecule has 0 aromatic carbocycles. The fourth-order valence-electron chi connectivity index (χ4n) is 1.53. The standard InChI is InChI=1S/C12H17N3O/c1-9-3-2-6-13-11(9)14-7-8-15-12(16)10-4-5-10/h2-3,6,10H,4-5,7-8H2,1H3,(H,13,14)(H,15,16). The Kier molecular flexibility index (Phi) is 3.39. The Morgan fingerprint density at radius 2 is 2.31 bits per heavy atom. The van der Waals surface area contributed by atoms with Crippen molar-refractivity contribution in [3.8, 4) is 0 Å². The number of carbonyl (C=O) groups excluding carboxylic acids is 1. The van der Waals surface area contributed by atoms with E-state index in [4.69, 9.17) is 0 Å². The second-order valence-corrected chi connectivity index (χ2v) is 4.16. The molecule has 0 saturated heterocycles. The van der Waals surface area contributed by atoms with E-state index in [1.165, 1.54) is 0 Å². The molecule has 4 nitrogen and oxygen atoms in total. The van der Waals surface area contributed by atoms with Gasteiger partial charge in [0.15, 0.2) is 0 Å². The number of carbonyl (C=O) groups is 1. The van der Waals surface area contributed by atoms with Crippen molar-refractivity contribution in [2.75, 3.05) is 18.4 Å². The molecule has 1 aliphatic carbocycles. The topological polar surface area (TPSA) is 54.0 Å². The van der Waals surface area contributed by atoms with E-state index in [0.717, 1.165) is 30.8 Å². The molecule has 0 bridgehead atoms. The van der Waals surface area contributed by atoms with Crippen molar-refractivity contribution >= 4 is 11.7 Å². The van der Waals surface area contributed by atoms with E-state index in [2.05, 4.69) is 15.6 Å². The van der Waals surface area contributed by atoms with E-state index >= 15 is 0 Å². The van der Waals surface area contributed by atoms with Gasteiger partial charge < -0.3 is 10.6 Å². The predicted molar refractivity (Wildman–Crippen MR) is 63.2 cm³/mol. The van der Waals surface area contributed by atoms with Gasteiger partial charge >= 0.3 is 0 Å². The Morgan fingerprint density at radius 3 is 3.00 bits per heavy atom. The van der Waals surface area contributed by atoms with E-state index < -0.39 is 0 Å². The lowest BCUT2D eigenvalue weighted by molar-refractivity contribution is -0.122. The van der Waals surface area contributed by atoms with Crippen molar-refractivity contribution in [1.29, 1.82) is 0 Å². The highest BCUT2D eigenvalue weighted by atomic mass is 16.2. The quantitative estimate of drug-likeness (QED) is 0.734. The van der Waals surface area contributed by atoms with Crippen LogP contribution in [0.5, 0.6) is 0 Å². The maximum atomic E-state index is 11.3. The van der Waals surface area contributed by atoms with Gasteiger partial charge in [-0.3, -0.25) is 4.79 Å². The molecule has 0 spiro atoms. The Hall–Kier alpha value is -1.58. The van der Waals surface area contributed by atoms with Gasteiger partial charge in [0.2, 0.25) is 5.91 Å². The minimum absolute atomic E-state index is 0.194. The van der Waals surface area contributed by atoms with Gasteiger partial charge in [0.25, 0.3) is 0 Å². The molecule has 1 aromatic rings. The van der Waals surface area contributed by atoms with Crippen LogP contribution in [0.3, 0.4) is 0 Å². The van der Waals surface area contributed by atoms with Gasteiger partial charge in [-0.2, -0.15) is 0 Å². The van der Waals surface area contributed by atoms with Crippen molar-refractivity contribution in [1.82, 2.24) is 10.3 Å². The number of pyridine rings is 1. The normalized spacial score (nSPS) is 14.6. The monoisotopic (exact) mass is 219 g/mol. The van der Waals surface area contributed by atoms with Crippen molar-refractivity contribution in [3.05, 3.63) is 23.9 Å². The summed E-state index contributed by atoms with van der Waals surface area (Å²) in [7, 11) is 0. The molecule has 0 radical (unpaired) electrons. The van der Waals surface area contributed by atoms with E-state index in [-0.39, 0.29) is 11.8 Å². The summed E-state index contributed by atoms with van der Waals surface area (Å²) in [5.74, 6) is 1.37. The Balaban J connectivity index is 1.67. The van der Waals surface area contributed by atoms with Gasteiger partial charge in [-0.1, -0.05) is 6.07 Å². The molecule has 1 heterocycles. The zero-order valence-electron chi connectivity index (χ0n) is 9.49. The number of hydrogen-bond donors (Lipinski definition) is 2. The third-order valence-corrected chi connectivity index (χ3v) is 2.67. The molecule has 0 unspecified atom stereocenters. The fraction of sp³-hybridized carbons (Fsp3) is 0.500. The lowest BCUT2D eigenvalue weighted by Crippen LogP contribution is -2.30. The lowest BCUT2D eigenvalue weighted by Gasteiger charge is -2.08. The summed E-state index contributed by atoms with van der Waals surface area (Å²) in [4.78, 5) is 15.5. The van der Waals surface area contributed by atoms with Gasteiger partial charge in [-0.15, -0.1) is 0 Å². The molecule has 1 aromatic heterocycles. The van der Waals surface area contributed by atoms with Crippen LogP contribution in [0.2, 0.25) is 0 Å². The highest BCUT2D eigenvalue weighted by molar-refractivity contribution is 5.80. The molecule has 0 atom stereocenters. The molecular weight excluding hydrogens is 202 g/mol. The second kappa shape index (κ2) is 4.96. The fourth-order valence-corrected chi connectivity index (χ4v) is 1.53. The molecular formula is C12H17N3O. The second-order valence-electron chi connectivity index (χ2n) is 4.16. The minimum atomic E-state index is 0.194. The smallest absolute Gasteiger partial charge is 0.223 e. The van der Waals surface area contributed by atoms with Gasteiger partial charge in [0.1, 0.15) is 5.82 Å². The van der Waals surface area contributed by atoms with Crippen LogP contribution in [-0.4, -0.2) is 24.0 Å². The van der Waals surface area contributed by atoms with Crippen LogP contribution in [0.1, 0.15) is 18.4 Å². The van der Waals surface area contributed by atoms with Gasteiger partial charge in [-0.25, -0.2) is 4.98 Å². The van der Waals surface area contributed by atoms with Gasteiger partial charge in [-0.05, 0) is 31.4 Å². The van der Waals surface area contributed by atoms with Gasteiger partial charge in [0.05, 0.1) is 0 Å². The molecule has 1 aliphatic rings. The maximum Gasteiger partial charge on any atom is 0.223 e. The Labute approximate surface area is 95.5 Å². The number of amides is 1. The van der Waals surface area contributed by atoms with E-state index in [9.17, 15) is 4.79 Å². The SMILES string of the molecule is Cc1cccnc1NCCNC(=O)C1CC1. The van der Waals surface area contributed by atoms with E-state index in [0.29, 0.717) is 6.54 Å². The highest BCUT2D eigenvalue weighted by Crippen LogP contribution is 2.28. The first kappa shape index (κ1) is 10.9. The molecule has 4 heteroatoms. The number of rotatable bonds is 5. The summed E-state index contributed by atoms with van der Waals surface area (Å²) in [6, 6.07) is 3.92. The average Bonchev–Trinajstić information content (AvgIpc) is 3.10. The summed E-state index contributed by atoms with van der Waals surface area (Å²) in [5, 5.41) is 6.11. The summed E-state index contributed by atoms with van der Waals surface area (Å²) in [6.45, 7) is 3.39. The van der Waals surface area contributed by atoms with Crippen molar-refractivity contribution < 1.29 is 4.79 Å². The number of nitrogens with zero attached hydrogens (tertiary/aromatic N) is 1. The zero-order chi connectivity index (χ0) is 11.4. The van der Waals surface area contributed by atoms with Crippen LogP contribution in [0.4, 0.5) is 5.82 Å². The first-order valence-electron chi connectivity index (χ1n) is 5.70. The minimum Gasteiger partial charge on any atom is -0.368 e. The van der Waals surface area contributed by atoms with Crippen LogP contribution >= 0.6 is 0 Å². The number of aromatic nitrogens is 1. The third kappa shape index (κ3) is 2.95. The summed E-state index contributed by atoms with van der Waals surface area (Å²) >= 11 is 0. The predicted octanol–water partition coefficient (Wildman–Crippen LogP) is 1.33. The average molecular weight is 219 g/mol. The summed E-state index contributed by atoms with van der Waals surface area (Å²) in [6.07, 6.45) is 3.87. The summed E-state index contributed by atoms with van der Waals surface area (Å²) < 4.78 is 0. The number of hydrogen-bond acceptors (Lipinski definition) is 3. The number of nitrogens with one attached hydrogen (secondary N) is 2. The van der Waals surface area contributed by atoms with E-state index in [1.54, 1.807) is 6.20 Å². The molecule has 16 heavy (non-hydrogen) atoms. The van der Waals surface area contributed by atoms with Crippen LogP contribution < -0.4 is 10.6 Å². The third-order valence-electron chi connectivity index (χ3n) is 2.67. The molecule has 1 amide bonds. The lowest BCUT2D eigenvalue weighted by atomic mass is 10.3. The van der Waals surface area contributed by atoms with Crippen LogP contribution in [0.25, 0.3) is 0 Å². The molecule has 2 rings (SSSR count). The molecule has 2 N–H and O–H groups in total. The Morgan fingerprint density at radius 1 is 1.50 bits per heavy atom. The summed E-state index contributed by atoms with van der Waals surface area (Å²) in [5.41, 5.74) is 1.12. The van der Waals surface area contributed by atoms with E-state index in [1.807, 2.05) is 19.1 Å². The largest absolute Gasteiger partial charge is 0.368 e. The first-order chi connectivity index (χ1) is 7.77. The van der Waals surface area contributed by atoms with Crippen molar-refractivity contribution in [3.63, 3.8) is 0 Å². The molecule has 1 saturated carbocycles. The number of anilines is 1. The van der Waals surface area contributed by atoms with Crippen molar-refractivity contribution in [2.45, 2.75) is 19.8 Å². The maximum absolute atomic E-state index is 11.3. The van der Waals surface area contributed by atoms with Gasteiger partial charge in [0, 0.05) is 25.2 Å². The highest BCUT2D eigenvalue weighted by Gasteiger charge is 2.28. The molecule has 0 aliphatic heterocycles. The molecule has 86 valence electrons. The Bertz CT molecular complexity index is 374. The zero-order valence-corrected chi connectivity index (χ0v) is 9.49. The van der Waals surface area contributed by atoms with Crippen molar-refractivity contribution in [2.24, 2.45) is 5.92 Å². The van der Waals surface area contributed by atoms with Crippen LogP contribution in [-0.2, 0) is 4.79 Å². The van der Waals surface area contributed by atoms with Crippen LogP contribution in [0, 0.1) is 12.8 Å². The number of aryl methyl sites for hydroxylation is 1.